The Kier molecular flexibility index (Phi) is 9.14. The Bertz CT molecular complexity index is 1300. The van der Waals surface area contributed by atoms with Crippen molar-refractivity contribution in [3.05, 3.63) is 138 Å². The minimum Gasteiger partial charge on any atom is -0.368 e. The quantitative estimate of drug-likeness (QED) is 0.231. The fraction of sp³-hybridized carbons (Fsp3) is 0.273. The van der Waals surface area contributed by atoms with E-state index in [9.17, 15) is 5.11 Å². The lowest BCUT2D eigenvalue weighted by Gasteiger charge is -2.50. The Morgan fingerprint density at radius 3 is 1.59 bits per heavy atom. The summed E-state index contributed by atoms with van der Waals surface area (Å²) in [6, 6.07) is 37.2. The third-order valence-electron chi connectivity index (χ3n) is 6.97. The Morgan fingerprint density at radius 2 is 1.08 bits per heavy atom. The van der Waals surface area contributed by atoms with Gasteiger partial charge in [-0.1, -0.05) is 109 Å². The molecule has 0 spiro atoms. The highest BCUT2D eigenvalue weighted by Gasteiger charge is 2.56. The predicted octanol–water partition coefficient (Wildman–Crippen LogP) is 6.30. The molecule has 202 valence electrons. The summed E-state index contributed by atoms with van der Waals surface area (Å²) in [7, 11) is 0. The maximum absolute atomic E-state index is 12.3. The summed E-state index contributed by atoms with van der Waals surface area (Å²) in [6.45, 7) is 2.86. The van der Waals surface area contributed by atoms with Crippen LogP contribution in [0.15, 0.2) is 120 Å². The van der Waals surface area contributed by atoms with Gasteiger partial charge in [-0.3, -0.25) is 0 Å². The summed E-state index contributed by atoms with van der Waals surface area (Å²) < 4.78 is 26.0. The molecule has 5 nitrogen and oxygen atoms in total. The van der Waals surface area contributed by atoms with Crippen LogP contribution in [-0.4, -0.2) is 29.5 Å². The average molecular weight is 543 g/mol. The molecule has 1 aliphatic heterocycles. The van der Waals surface area contributed by atoms with Crippen molar-refractivity contribution in [2.45, 2.75) is 61.8 Å². The molecule has 39 heavy (non-hydrogen) atoms. The summed E-state index contributed by atoms with van der Waals surface area (Å²) in [4.78, 5) is 0.603. The number of thiol groups is 1. The van der Waals surface area contributed by atoms with Crippen LogP contribution < -0.4 is 0 Å². The van der Waals surface area contributed by atoms with Crippen LogP contribution in [-0.2, 0) is 44.6 Å². The van der Waals surface area contributed by atoms with Gasteiger partial charge in [0.15, 0.2) is 0 Å². The molecule has 1 aliphatic rings. The van der Waals surface area contributed by atoms with Gasteiger partial charge in [-0.15, -0.1) is 12.6 Å². The Labute approximate surface area is 235 Å². The molecule has 0 unspecified atom stereocenters. The average Bonchev–Trinajstić information content (AvgIpc) is 2.97. The summed E-state index contributed by atoms with van der Waals surface area (Å²) in [5.41, 5.74) is 3.54. The van der Waals surface area contributed by atoms with Crippen LogP contribution >= 0.6 is 12.6 Å². The molecule has 4 aromatic rings. The maximum atomic E-state index is 12.3. The zero-order valence-electron chi connectivity index (χ0n) is 21.9. The third-order valence-corrected chi connectivity index (χ3v) is 7.36. The van der Waals surface area contributed by atoms with E-state index in [4.69, 9.17) is 18.9 Å². The first kappa shape index (κ1) is 27.6. The molecule has 1 saturated heterocycles. The van der Waals surface area contributed by atoms with Gasteiger partial charge >= 0.3 is 0 Å². The fourth-order valence-electron chi connectivity index (χ4n) is 4.99. The van der Waals surface area contributed by atoms with Crippen molar-refractivity contribution in [3.63, 3.8) is 0 Å². The van der Waals surface area contributed by atoms with Gasteiger partial charge in [0.25, 0.3) is 0 Å². The number of rotatable bonds is 10. The van der Waals surface area contributed by atoms with Crippen LogP contribution in [0.2, 0.25) is 0 Å². The molecule has 0 bridgehead atoms. The second-order valence-corrected chi connectivity index (χ2v) is 10.3. The number of benzene rings is 4. The number of hydrogen-bond donors (Lipinski definition) is 2. The van der Waals surface area contributed by atoms with Gasteiger partial charge in [-0.05, 0) is 29.7 Å². The smallest absolute Gasteiger partial charge is 0.223 e. The van der Waals surface area contributed by atoms with Crippen molar-refractivity contribution in [1.82, 2.24) is 0 Å². The SMILES string of the molecule is C[C@@H]1O[C@@](O)(c2ccccc2S)[C@@H](OCc2ccccc2)[C@H](OCc2ccccc2)[C@@H]1OCc1ccccc1. The molecular formula is C33H34O5S. The maximum Gasteiger partial charge on any atom is 0.223 e. The van der Waals surface area contributed by atoms with E-state index in [1.807, 2.05) is 122 Å². The summed E-state index contributed by atoms with van der Waals surface area (Å²) in [5.74, 6) is -1.82. The predicted molar refractivity (Wildman–Crippen MR) is 153 cm³/mol. The lowest BCUT2D eigenvalue weighted by atomic mass is 9.87. The van der Waals surface area contributed by atoms with Crippen molar-refractivity contribution in [3.8, 4) is 0 Å². The van der Waals surface area contributed by atoms with Gasteiger partial charge < -0.3 is 24.1 Å². The second-order valence-electron chi connectivity index (χ2n) is 9.78. The van der Waals surface area contributed by atoms with Gasteiger partial charge in [0.05, 0.1) is 25.9 Å². The van der Waals surface area contributed by atoms with E-state index in [1.54, 1.807) is 0 Å². The molecule has 0 radical (unpaired) electrons. The van der Waals surface area contributed by atoms with Crippen molar-refractivity contribution < 1.29 is 24.1 Å². The number of ether oxygens (including phenoxy) is 4. The van der Waals surface area contributed by atoms with E-state index in [-0.39, 0.29) is 6.61 Å². The van der Waals surface area contributed by atoms with Gasteiger partial charge in [0, 0.05) is 10.5 Å². The number of hydrogen-bond acceptors (Lipinski definition) is 6. The minimum atomic E-state index is -1.82. The van der Waals surface area contributed by atoms with Gasteiger partial charge in [-0.25, -0.2) is 0 Å². The van der Waals surface area contributed by atoms with E-state index < -0.39 is 30.2 Å². The Morgan fingerprint density at radius 1 is 0.641 bits per heavy atom. The Balaban J connectivity index is 1.50. The first-order valence-electron chi connectivity index (χ1n) is 13.2. The molecule has 6 heteroatoms. The molecule has 5 rings (SSSR count). The Hall–Kier alpha value is -2.97. The van der Waals surface area contributed by atoms with Crippen LogP contribution in [0.3, 0.4) is 0 Å². The van der Waals surface area contributed by atoms with E-state index in [2.05, 4.69) is 12.6 Å². The van der Waals surface area contributed by atoms with E-state index in [0.29, 0.717) is 23.7 Å². The molecule has 0 aliphatic carbocycles. The summed E-state index contributed by atoms with van der Waals surface area (Å²) >= 11 is 4.65. The highest BCUT2D eigenvalue weighted by molar-refractivity contribution is 7.80. The normalized spacial score (nSPS) is 24.9. The van der Waals surface area contributed by atoms with Crippen molar-refractivity contribution in [2.24, 2.45) is 0 Å². The van der Waals surface area contributed by atoms with E-state index in [0.717, 1.165) is 16.7 Å². The van der Waals surface area contributed by atoms with Crippen LogP contribution in [0.1, 0.15) is 29.2 Å². The molecule has 1 N–H and O–H groups in total. The first-order chi connectivity index (χ1) is 19.0. The lowest BCUT2D eigenvalue weighted by Crippen LogP contribution is -2.64. The van der Waals surface area contributed by atoms with Crippen molar-refractivity contribution in [1.29, 1.82) is 0 Å². The van der Waals surface area contributed by atoms with Crippen molar-refractivity contribution in [2.75, 3.05) is 0 Å². The van der Waals surface area contributed by atoms with Gasteiger partial charge in [0.2, 0.25) is 5.79 Å². The highest BCUT2D eigenvalue weighted by atomic mass is 32.1. The monoisotopic (exact) mass is 542 g/mol. The zero-order valence-corrected chi connectivity index (χ0v) is 22.8. The standard InChI is InChI=1S/C33H34O5S/c1-24-30(35-21-25-13-5-2-6-14-25)31(36-22-26-15-7-3-8-16-26)32(37-23-27-17-9-4-10-18-27)33(34,38-24)28-19-11-12-20-29(28)39/h2-20,24,30-32,34,39H,21-23H2,1H3/t24-,30+,31+,32-,33-/m0/s1. The molecule has 1 heterocycles. The van der Waals surface area contributed by atoms with Crippen LogP contribution in [0.5, 0.6) is 0 Å². The van der Waals surface area contributed by atoms with Crippen LogP contribution in [0.25, 0.3) is 0 Å². The first-order valence-corrected chi connectivity index (χ1v) is 13.6. The summed E-state index contributed by atoms with van der Waals surface area (Å²) in [5, 5.41) is 12.3. The zero-order chi connectivity index (χ0) is 27.1. The molecular weight excluding hydrogens is 508 g/mol. The topological polar surface area (TPSA) is 57.2 Å². The molecule has 0 saturated carbocycles. The molecule has 5 atom stereocenters. The summed E-state index contributed by atoms with van der Waals surface area (Å²) in [6.07, 6.45) is -2.59. The second kappa shape index (κ2) is 12.9. The lowest BCUT2D eigenvalue weighted by molar-refractivity contribution is -0.372. The van der Waals surface area contributed by atoms with Gasteiger partial charge in [-0.2, -0.15) is 0 Å². The molecule has 0 amide bonds. The highest BCUT2D eigenvalue weighted by Crippen LogP contribution is 2.43. The van der Waals surface area contributed by atoms with E-state index >= 15 is 0 Å². The van der Waals surface area contributed by atoms with E-state index in [1.165, 1.54) is 0 Å². The van der Waals surface area contributed by atoms with Crippen LogP contribution in [0.4, 0.5) is 0 Å². The fourth-order valence-corrected chi connectivity index (χ4v) is 5.31. The molecule has 4 aromatic carbocycles. The number of aliphatic hydroxyl groups is 1. The van der Waals surface area contributed by atoms with Gasteiger partial charge in [0.1, 0.15) is 18.3 Å². The third kappa shape index (κ3) is 6.61. The van der Waals surface area contributed by atoms with Crippen molar-refractivity contribution >= 4 is 12.6 Å². The largest absolute Gasteiger partial charge is 0.368 e. The minimum absolute atomic E-state index is 0.261. The molecule has 1 fully saturated rings. The van der Waals surface area contributed by atoms with Crippen LogP contribution in [0, 0.1) is 0 Å². The molecule has 0 aromatic heterocycles.